The summed E-state index contributed by atoms with van der Waals surface area (Å²) in [7, 11) is -2.81. The summed E-state index contributed by atoms with van der Waals surface area (Å²) in [5, 5.41) is 2.93. The van der Waals surface area contributed by atoms with Gasteiger partial charge >= 0.3 is 0 Å². The van der Waals surface area contributed by atoms with Crippen molar-refractivity contribution in [3.63, 3.8) is 0 Å². The summed E-state index contributed by atoms with van der Waals surface area (Å²) in [5.74, 6) is -1.56. The van der Waals surface area contributed by atoms with Crippen molar-refractivity contribution in [1.29, 1.82) is 0 Å². The molecule has 4 aromatic rings. The van der Waals surface area contributed by atoms with Crippen molar-refractivity contribution in [2.24, 2.45) is 0 Å². The summed E-state index contributed by atoms with van der Waals surface area (Å²) >= 11 is 12.3. The second-order valence-electron chi connectivity index (χ2n) is 9.39. The molecule has 218 valence electrons. The average molecular weight is 629 g/mol. The predicted molar refractivity (Wildman–Crippen MR) is 162 cm³/mol. The monoisotopic (exact) mass is 627 g/mol. The van der Waals surface area contributed by atoms with Gasteiger partial charge in [-0.3, -0.25) is 13.9 Å². The van der Waals surface area contributed by atoms with E-state index in [1.807, 2.05) is 30.3 Å². The van der Waals surface area contributed by atoms with Crippen LogP contribution in [0.4, 0.5) is 10.1 Å². The lowest BCUT2D eigenvalue weighted by Crippen LogP contribution is -2.53. The molecule has 0 fully saturated rings. The number of nitrogens with one attached hydrogen (secondary N) is 1. The van der Waals surface area contributed by atoms with E-state index in [0.29, 0.717) is 5.56 Å². The number of nitrogens with zero attached hydrogens (tertiary/aromatic N) is 2. The van der Waals surface area contributed by atoms with Crippen LogP contribution in [0, 0.1) is 5.82 Å². The summed E-state index contributed by atoms with van der Waals surface area (Å²) in [5.41, 5.74) is 1.46. The molecule has 0 saturated heterocycles. The summed E-state index contributed by atoms with van der Waals surface area (Å²) in [6, 6.07) is 25.6. The highest BCUT2D eigenvalue weighted by Crippen LogP contribution is 2.31. The number of hydrogen-bond acceptors (Lipinski definition) is 4. The molecule has 11 heteroatoms. The van der Waals surface area contributed by atoms with Crippen molar-refractivity contribution < 1.29 is 22.4 Å². The topological polar surface area (TPSA) is 86.8 Å². The van der Waals surface area contributed by atoms with Crippen LogP contribution in [0.1, 0.15) is 11.1 Å². The van der Waals surface area contributed by atoms with E-state index in [2.05, 4.69) is 5.32 Å². The molecule has 0 heterocycles. The molecule has 0 aliphatic heterocycles. The molecule has 0 spiro atoms. The minimum absolute atomic E-state index is 0.0407. The Morgan fingerprint density at radius 2 is 1.45 bits per heavy atom. The highest BCUT2D eigenvalue weighted by atomic mass is 35.5. The summed E-state index contributed by atoms with van der Waals surface area (Å²) < 4.78 is 42.4. The van der Waals surface area contributed by atoms with Crippen LogP contribution < -0.4 is 9.62 Å². The number of carbonyl (C=O) groups is 2. The molecule has 0 aliphatic rings. The summed E-state index contributed by atoms with van der Waals surface area (Å²) in [6.07, 6.45) is 0.158. The van der Waals surface area contributed by atoms with Gasteiger partial charge in [0, 0.05) is 20.0 Å². The average Bonchev–Trinajstić information content (AvgIpc) is 3.00. The second-order valence-corrected chi connectivity index (χ2v) is 12.1. The Labute approximate surface area is 254 Å². The zero-order chi connectivity index (χ0) is 30.3. The van der Waals surface area contributed by atoms with Gasteiger partial charge in [-0.1, -0.05) is 83.9 Å². The van der Waals surface area contributed by atoms with Crippen molar-refractivity contribution in [3.05, 3.63) is 130 Å². The van der Waals surface area contributed by atoms with Crippen LogP contribution in [0.2, 0.25) is 10.0 Å². The lowest BCUT2D eigenvalue weighted by molar-refractivity contribution is -0.139. The molecule has 42 heavy (non-hydrogen) atoms. The van der Waals surface area contributed by atoms with Gasteiger partial charge in [-0.2, -0.15) is 0 Å². The van der Waals surface area contributed by atoms with Crippen LogP contribution in [-0.4, -0.2) is 44.8 Å². The molecule has 0 radical (unpaired) electrons. The molecule has 0 saturated carbocycles. The molecule has 4 rings (SSSR count). The van der Waals surface area contributed by atoms with Crippen LogP contribution in [0.25, 0.3) is 0 Å². The van der Waals surface area contributed by atoms with E-state index in [4.69, 9.17) is 23.2 Å². The van der Waals surface area contributed by atoms with E-state index in [0.717, 1.165) is 9.87 Å². The number of sulfonamides is 1. The molecular formula is C31H28Cl2FN3O4S. The fourth-order valence-electron chi connectivity index (χ4n) is 4.40. The molecule has 1 N–H and O–H groups in total. The fourth-order valence-corrected chi connectivity index (χ4v) is 6.12. The van der Waals surface area contributed by atoms with Crippen LogP contribution in [0.5, 0.6) is 0 Å². The SMILES string of the molecule is CNC(=O)C(Cc1ccccc1)N(Cc1ccc(F)cc1)C(=O)CN(c1ccc(Cl)c(Cl)c1)S(=O)(=O)c1ccccc1. The highest BCUT2D eigenvalue weighted by molar-refractivity contribution is 7.92. The molecule has 0 aliphatic carbocycles. The van der Waals surface area contributed by atoms with E-state index in [-0.39, 0.29) is 33.6 Å². The van der Waals surface area contributed by atoms with E-state index >= 15 is 0 Å². The number of hydrogen-bond donors (Lipinski definition) is 1. The Morgan fingerprint density at radius 3 is 2.05 bits per heavy atom. The van der Waals surface area contributed by atoms with Crippen molar-refractivity contribution in [3.8, 4) is 0 Å². The zero-order valence-electron chi connectivity index (χ0n) is 22.6. The van der Waals surface area contributed by atoms with Crippen molar-refractivity contribution >= 4 is 50.7 Å². The lowest BCUT2D eigenvalue weighted by Gasteiger charge is -2.33. The number of carbonyl (C=O) groups excluding carboxylic acids is 2. The number of likely N-dealkylation sites (N-methyl/N-ethyl adjacent to an activating group) is 1. The first-order valence-corrected chi connectivity index (χ1v) is 15.1. The van der Waals surface area contributed by atoms with Gasteiger partial charge in [0.1, 0.15) is 18.4 Å². The van der Waals surface area contributed by atoms with Gasteiger partial charge in [0.15, 0.2) is 0 Å². The van der Waals surface area contributed by atoms with Gasteiger partial charge in [-0.25, -0.2) is 12.8 Å². The van der Waals surface area contributed by atoms with E-state index in [1.165, 1.54) is 66.5 Å². The number of benzene rings is 4. The molecule has 0 aromatic heterocycles. The first kappa shape index (κ1) is 31.0. The quantitative estimate of drug-likeness (QED) is 0.231. The zero-order valence-corrected chi connectivity index (χ0v) is 24.9. The smallest absolute Gasteiger partial charge is 0.264 e. The first-order chi connectivity index (χ1) is 20.1. The minimum atomic E-state index is -4.27. The van der Waals surface area contributed by atoms with E-state index in [9.17, 15) is 22.4 Å². The van der Waals surface area contributed by atoms with Gasteiger partial charge in [0.25, 0.3) is 10.0 Å². The van der Waals surface area contributed by atoms with Crippen LogP contribution in [0.15, 0.2) is 108 Å². The summed E-state index contributed by atoms with van der Waals surface area (Å²) in [4.78, 5) is 28.7. The molecule has 1 unspecified atom stereocenters. The minimum Gasteiger partial charge on any atom is -0.357 e. The van der Waals surface area contributed by atoms with Gasteiger partial charge in [0.2, 0.25) is 11.8 Å². The number of rotatable bonds is 11. The normalized spacial score (nSPS) is 11.9. The molecule has 1 atom stereocenters. The maximum atomic E-state index is 14.2. The van der Waals surface area contributed by atoms with Crippen LogP contribution in [0.3, 0.4) is 0 Å². The first-order valence-electron chi connectivity index (χ1n) is 12.9. The van der Waals surface area contributed by atoms with Crippen molar-refractivity contribution in [2.45, 2.75) is 23.9 Å². The van der Waals surface area contributed by atoms with Crippen molar-refractivity contribution in [1.82, 2.24) is 10.2 Å². The highest BCUT2D eigenvalue weighted by Gasteiger charge is 2.34. The van der Waals surface area contributed by atoms with Gasteiger partial charge < -0.3 is 10.2 Å². The van der Waals surface area contributed by atoms with Gasteiger partial charge in [0.05, 0.1) is 20.6 Å². The second kappa shape index (κ2) is 13.8. The standard InChI is InChI=1S/C31H28Cl2FN3O4S/c1-35-31(39)29(18-22-8-4-2-5-9-22)36(20-23-12-14-24(34)15-13-23)30(38)21-37(25-16-17-27(32)28(33)19-25)42(40,41)26-10-6-3-7-11-26/h2-17,19,29H,18,20-21H2,1H3,(H,35,39). The largest absolute Gasteiger partial charge is 0.357 e. The van der Waals surface area contributed by atoms with Crippen LogP contribution in [-0.2, 0) is 32.6 Å². The van der Waals surface area contributed by atoms with E-state index < -0.39 is 40.2 Å². The Morgan fingerprint density at radius 1 is 0.833 bits per heavy atom. The Hall–Kier alpha value is -3.92. The molecule has 7 nitrogen and oxygen atoms in total. The number of halogens is 3. The Balaban J connectivity index is 1.79. The predicted octanol–water partition coefficient (Wildman–Crippen LogP) is 5.71. The summed E-state index contributed by atoms with van der Waals surface area (Å²) in [6.45, 7) is -0.733. The van der Waals surface area contributed by atoms with Crippen molar-refractivity contribution in [2.75, 3.05) is 17.9 Å². The fraction of sp³-hybridized carbons (Fsp3) is 0.161. The van der Waals surface area contributed by atoms with Crippen LogP contribution >= 0.6 is 23.2 Å². The maximum absolute atomic E-state index is 14.2. The number of amides is 2. The Kier molecular flexibility index (Phi) is 10.2. The number of anilines is 1. The third kappa shape index (κ3) is 7.47. The molecule has 0 bridgehead atoms. The lowest BCUT2D eigenvalue weighted by atomic mass is 10.0. The van der Waals surface area contributed by atoms with Gasteiger partial charge in [-0.15, -0.1) is 0 Å². The molecule has 4 aromatic carbocycles. The maximum Gasteiger partial charge on any atom is 0.264 e. The molecular weight excluding hydrogens is 600 g/mol. The Bertz CT molecular complexity index is 1640. The molecule has 2 amide bonds. The van der Waals surface area contributed by atoms with E-state index in [1.54, 1.807) is 18.2 Å². The third-order valence-corrected chi connectivity index (χ3v) is 9.11. The van der Waals surface area contributed by atoms with Gasteiger partial charge in [-0.05, 0) is 53.6 Å². The third-order valence-electron chi connectivity index (χ3n) is 6.58.